The molecule has 2 rings (SSSR count). The van der Waals surface area contributed by atoms with Crippen LogP contribution < -0.4 is 10.9 Å². The maximum Gasteiger partial charge on any atom is 0.359 e. The van der Waals surface area contributed by atoms with E-state index in [0.29, 0.717) is 37.3 Å². The molecule has 2 aromatic rings. The Hall–Kier alpha value is -2.30. The van der Waals surface area contributed by atoms with Gasteiger partial charge >= 0.3 is 11.6 Å². The van der Waals surface area contributed by atoms with E-state index in [9.17, 15) is 9.59 Å². The fraction of sp³-hybridized carbons (Fsp3) is 0.333. The van der Waals surface area contributed by atoms with E-state index < -0.39 is 5.63 Å². The Balaban J connectivity index is 1.94. The second kappa shape index (κ2) is 6.75. The molecule has 0 aliphatic rings. The smallest absolute Gasteiger partial charge is 0.359 e. The van der Waals surface area contributed by atoms with E-state index in [1.165, 1.54) is 0 Å². The van der Waals surface area contributed by atoms with Crippen molar-refractivity contribution in [2.75, 3.05) is 18.5 Å². The minimum Gasteiger partial charge on any atom is -0.466 e. The van der Waals surface area contributed by atoms with Crippen molar-refractivity contribution < 1.29 is 13.9 Å². The average molecular weight is 275 g/mol. The Morgan fingerprint density at radius 2 is 2.15 bits per heavy atom. The van der Waals surface area contributed by atoms with Crippen molar-refractivity contribution in [1.29, 1.82) is 0 Å². The van der Waals surface area contributed by atoms with Gasteiger partial charge in [0.15, 0.2) is 0 Å². The lowest BCUT2D eigenvalue weighted by Gasteiger charge is -2.06. The van der Waals surface area contributed by atoms with Crippen molar-refractivity contribution in [2.24, 2.45) is 0 Å². The molecule has 0 atom stereocenters. The quantitative estimate of drug-likeness (QED) is 0.498. The second-order valence-corrected chi connectivity index (χ2v) is 4.32. The van der Waals surface area contributed by atoms with E-state index in [4.69, 9.17) is 9.15 Å². The van der Waals surface area contributed by atoms with Crippen LogP contribution in [0.25, 0.3) is 11.0 Å². The van der Waals surface area contributed by atoms with E-state index in [2.05, 4.69) is 5.32 Å². The molecule has 0 unspecified atom stereocenters. The Kier molecular flexibility index (Phi) is 4.76. The standard InChI is InChI=1S/C15H17NO4/c1-2-19-14(17)8-5-9-16-12-10-11-6-3-4-7-13(11)20-15(12)18/h3-4,6-7,10,16H,2,5,8-9H2,1H3. The summed E-state index contributed by atoms with van der Waals surface area (Å²) < 4.78 is 10.0. The molecule has 0 radical (unpaired) electrons. The minimum atomic E-state index is -0.403. The molecule has 5 heteroatoms. The van der Waals surface area contributed by atoms with Gasteiger partial charge in [-0.2, -0.15) is 0 Å². The zero-order chi connectivity index (χ0) is 14.4. The van der Waals surface area contributed by atoms with Crippen molar-refractivity contribution in [3.63, 3.8) is 0 Å². The molecular weight excluding hydrogens is 258 g/mol. The highest BCUT2D eigenvalue weighted by Crippen LogP contribution is 2.14. The molecule has 0 saturated carbocycles. The molecule has 0 aliphatic carbocycles. The summed E-state index contributed by atoms with van der Waals surface area (Å²) in [6.45, 7) is 2.68. The number of rotatable bonds is 6. The molecule has 1 N–H and O–H groups in total. The molecular formula is C15H17NO4. The van der Waals surface area contributed by atoms with Gasteiger partial charge in [0.2, 0.25) is 0 Å². The summed E-state index contributed by atoms with van der Waals surface area (Å²) in [6, 6.07) is 9.08. The van der Waals surface area contributed by atoms with Crippen LogP contribution in [0.1, 0.15) is 19.8 Å². The molecule has 1 aromatic heterocycles. The summed E-state index contributed by atoms with van der Waals surface area (Å²) >= 11 is 0. The predicted octanol–water partition coefficient (Wildman–Crippen LogP) is 2.55. The molecule has 0 aliphatic heterocycles. The van der Waals surface area contributed by atoms with Gasteiger partial charge in [-0.25, -0.2) is 4.79 Å². The van der Waals surface area contributed by atoms with Gasteiger partial charge in [0.25, 0.3) is 0 Å². The Bertz CT molecular complexity index is 648. The molecule has 20 heavy (non-hydrogen) atoms. The van der Waals surface area contributed by atoms with Crippen LogP contribution in [0, 0.1) is 0 Å². The lowest BCUT2D eigenvalue weighted by atomic mass is 10.2. The first-order valence-corrected chi connectivity index (χ1v) is 6.63. The number of benzene rings is 1. The summed E-state index contributed by atoms with van der Waals surface area (Å²) in [5.74, 6) is -0.222. The summed E-state index contributed by atoms with van der Waals surface area (Å²) in [6.07, 6.45) is 0.935. The second-order valence-electron chi connectivity index (χ2n) is 4.32. The molecule has 1 heterocycles. The molecule has 0 bridgehead atoms. The normalized spacial score (nSPS) is 10.4. The monoisotopic (exact) mass is 275 g/mol. The first kappa shape index (κ1) is 14.1. The summed E-state index contributed by atoms with van der Waals surface area (Å²) in [5, 5.41) is 3.85. The topological polar surface area (TPSA) is 68.5 Å². The maximum absolute atomic E-state index is 11.7. The van der Waals surface area contributed by atoms with Gasteiger partial charge in [-0.3, -0.25) is 4.79 Å². The van der Waals surface area contributed by atoms with Crippen LogP contribution in [0.4, 0.5) is 5.69 Å². The number of hydrogen-bond donors (Lipinski definition) is 1. The Labute approximate surface area is 116 Å². The highest BCUT2D eigenvalue weighted by atomic mass is 16.5. The molecule has 0 amide bonds. The minimum absolute atomic E-state index is 0.222. The summed E-state index contributed by atoms with van der Waals surface area (Å²) in [4.78, 5) is 22.9. The van der Waals surface area contributed by atoms with E-state index >= 15 is 0 Å². The third kappa shape index (κ3) is 3.60. The third-order valence-corrected chi connectivity index (χ3v) is 2.82. The van der Waals surface area contributed by atoms with Gasteiger partial charge in [-0.05, 0) is 25.5 Å². The van der Waals surface area contributed by atoms with Crippen molar-refractivity contribution >= 4 is 22.6 Å². The number of ether oxygens (including phenoxy) is 1. The Morgan fingerprint density at radius 3 is 2.95 bits per heavy atom. The molecule has 0 fully saturated rings. The molecule has 0 saturated heterocycles. The van der Waals surface area contributed by atoms with Crippen molar-refractivity contribution in [3.8, 4) is 0 Å². The Morgan fingerprint density at radius 1 is 1.35 bits per heavy atom. The van der Waals surface area contributed by atoms with Crippen LogP contribution >= 0.6 is 0 Å². The van der Waals surface area contributed by atoms with Gasteiger partial charge < -0.3 is 14.5 Å². The highest BCUT2D eigenvalue weighted by Gasteiger charge is 2.05. The maximum atomic E-state index is 11.7. The highest BCUT2D eigenvalue weighted by molar-refractivity contribution is 5.79. The SMILES string of the molecule is CCOC(=O)CCCNc1cc2ccccc2oc1=O. The third-order valence-electron chi connectivity index (χ3n) is 2.82. The zero-order valence-corrected chi connectivity index (χ0v) is 11.3. The van der Waals surface area contributed by atoms with Gasteiger partial charge in [-0.1, -0.05) is 18.2 Å². The van der Waals surface area contributed by atoms with E-state index in [1.807, 2.05) is 18.2 Å². The first-order valence-electron chi connectivity index (χ1n) is 6.63. The fourth-order valence-corrected chi connectivity index (χ4v) is 1.87. The molecule has 5 nitrogen and oxygen atoms in total. The number of carbonyl (C=O) groups excluding carboxylic acids is 1. The van der Waals surface area contributed by atoms with E-state index in [1.54, 1.807) is 19.1 Å². The van der Waals surface area contributed by atoms with Gasteiger partial charge in [0.1, 0.15) is 11.3 Å². The first-order chi connectivity index (χ1) is 9.70. The van der Waals surface area contributed by atoms with Gasteiger partial charge in [-0.15, -0.1) is 0 Å². The van der Waals surface area contributed by atoms with Crippen LogP contribution in [0.5, 0.6) is 0 Å². The largest absolute Gasteiger partial charge is 0.466 e. The van der Waals surface area contributed by atoms with E-state index in [0.717, 1.165) is 5.39 Å². The number of hydrogen-bond acceptors (Lipinski definition) is 5. The lowest BCUT2D eigenvalue weighted by molar-refractivity contribution is -0.143. The number of anilines is 1. The van der Waals surface area contributed by atoms with Crippen molar-refractivity contribution in [1.82, 2.24) is 0 Å². The predicted molar refractivity (Wildman–Crippen MR) is 76.8 cm³/mol. The molecule has 1 aromatic carbocycles. The number of nitrogens with one attached hydrogen (secondary N) is 1. The average Bonchev–Trinajstić information content (AvgIpc) is 2.44. The lowest BCUT2D eigenvalue weighted by Crippen LogP contribution is -2.13. The number of fused-ring (bicyclic) bond motifs is 1. The van der Waals surface area contributed by atoms with Crippen LogP contribution in [-0.4, -0.2) is 19.1 Å². The number of esters is 1. The number of para-hydroxylation sites is 1. The fourth-order valence-electron chi connectivity index (χ4n) is 1.87. The van der Waals surface area contributed by atoms with Gasteiger partial charge in [0, 0.05) is 18.4 Å². The molecule has 106 valence electrons. The van der Waals surface area contributed by atoms with Crippen LogP contribution in [-0.2, 0) is 9.53 Å². The summed E-state index contributed by atoms with van der Waals surface area (Å²) in [5.41, 5.74) is 0.571. The van der Waals surface area contributed by atoms with Crippen LogP contribution in [0.3, 0.4) is 0 Å². The van der Waals surface area contributed by atoms with Crippen molar-refractivity contribution in [3.05, 3.63) is 40.8 Å². The zero-order valence-electron chi connectivity index (χ0n) is 11.3. The van der Waals surface area contributed by atoms with Crippen molar-refractivity contribution in [2.45, 2.75) is 19.8 Å². The van der Waals surface area contributed by atoms with Crippen LogP contribution in [0.15, 0.2) is 39.5 Å². The van der Waals surface area contributed by atoms with E-state index in [-0.39, 0.29) is 5.97 Å². The molecule has 0 spiro atoms. The number of carbonyl (C=O) groups is 1. The van der Waals surface area contributed by atoms with Gasteiger partial charge in [0.05, 0.1) is 6.61 Å². The van der Waals surface area contributed by atoms with Crippen LogP contribution in [0.2, 0.25) is 0 Å². The summed E-state index contributed by atoms with van der Waals surface area (Å²) in [7, 11) is 0.